The van der Waals surface area contributed by atoms with E-state index in [-0.39, 0.29) is 0 Å². The van der Waals surface area contributed by atoms with E-state index < -0.39 is 0 Å². The number of nitrogens with one attached hydrogen (secondary N) is 1. The average Bonchev–Trinajstić information content (AvgIpc) is 2.25. The summed E-state index contributed by atoms with van der Waals surface area (Å²) in [5, 5.41) is 11.2. The van der Waals surface area contributed by atoms with Crippen LogP contribution in [0.15, 0.2) is 4.99 Å². The molecule has 0 unspecified atom stereocenters. The van der Waals surface area contributed by atoms with Gasteiger partial charge in [-0.25, -0.2) is 0 Å². The van der Waals surface area contributed by atoms with Gasteiger partial charge in [0.05, 0.1) is 13.2 Å². The van der Waals surface area contributed by atoms with Crippen LogP contribution in [0.2, 0.25) is 0 Å². The minimum atomic E-state index is 0.678. The Morgan fingerprint density at radius 1 is 1.57 bits per heavy atom. The first-order chi connectivity index (χ1) is 6.88. The van der Waals surface area contributed by atoms with Gasteiger partial charge in [0.25, 0.3) is 0 Å². The number of hydrogen-bond donors (Lipinski definition) is 1. The number of nitrogens with zero attached hydrogens (tertiary/aromatic N) is 3. The number of morpholine rings is 1. The van der Waals surface area contributed by atoms with Gasteiger partial charge in [0, 0.05) is 19.6 Å². The van der Waals surface area contributed by atoms with Crippen LogP contribution in [0.1, 0.15) is 13.3 Å². The molecule has 1 aliphatic heterocycles. The van der Waals surface area contributed by atoms with E-state index in [4.69, 9.17) is 10.00 Å². The summed E-state index contributed by atoms with van der Waals surface area (Å²) in [6, 6.07) is 0. The van der Waals surface area contributed by atoms with Crippen LogP contribution in [0.4, 0.5) is 0 Å². The molecule has 0 amide bonds. The van der Waals surface area contributed by atoms with Gasteiger partial charge in [-0.2, -0.15) is 5.26 Å². The van der Waals surface area contributed by atoms with Crippen molar-refractivity contribution in [2.45, 2.75) is 13.3 Å². The first-order valence-corrected chi connectivity index (χ1v) is 4.90. The van der Waals surface area contributed by atoms with Crippen molar-refractivity contribution in [2.24, 2.45) is 4.99 Å². The fraction of sp³-hybridized carbons (Fsp3) is 0.778. The molecule has 78 valence electrons. The molecule has 1 rings (SSSR count). The van der Waals surface area contributed by atoms with E-state index in [1.807, 2.05) is 11.1 Å². The first-order valence-electron chi connectivity index (χ1n) is 4.90. The van der Waals surface area contributed by atoms with E-state index in [1.54, 1.807) is 0 Å². The standard InChI is InChI=1S/C9H16N4O/c1-2-3-11-9(12-8-10)13-4-6-14-7-5-13/h2-7H2,1H3,(H,11,12). The fourth-order valence-electron chi connectivity index (χ4n) is 1.26. The van der Waals surface area contributed by atoms with Crippen LogP contribution in [-0.4, -0.2) is 43.7 Å². The van der Waals surface area contributed by atoms with Crippen LogP contribution in [-0.2, 0) is 4.74 Å². The van der Waals surface area contributed by atoms with Gasteiger partial charge in [0.2, 0.25) is 5.96 Å². The summed E-state index contributed by atoms with van der Waals surface area (Å²) in [5.41, 5.74) is 0. The van der Waals surface area contributed by atoms with Crippen LogP contribution >= 0.6 is 0 Å². The molecule has 1 saturated heterocycles. The van der Waals surface area contributed by atoms with Gasteiger partial charge in [-0.05, 0) is 6.42 Å². The molecule has 5 nitrogen and oxygen atoms in total. The quantitative estimate of drug-likeness (QED) is 0.296. The molecule has 0 bridgehead atoms. The summed E-state index contributed by atoms with van der Waals surface area (Å²) in [4.78, 5) is 6.35. The molecule has 0 radical (unpaired) electrons. The zero-order chi connectivity index (χ0) is 10.2. The maximum atomic E-state index is 8.57. The van der Waals surface area contributed by atoms with Crippen molar-refractivity contribution in [2.75, 3.05) is 32.8 Å². The molecule has 1 aliphatic rings. The molecule has 5 heteroatoms. The summed E-state index contributed by atoms with van der Waals surface area (Å²) in [6.45, 7) is 5.83. The maximum Gasteiger partial charge on any atom is 0.207 e. The molecule has 1 N–H and O–H groups in total. The van der Waals surface area contributed by atoms with Crippen molar-refractivity contribution in [1.29, 1.82) is 5.26 Å². The Kier molecular flexibility index (Phi) is 4.79. The zero-order valence-corrected chi connectivity index (χ0v) is 8.49. The van der Waals surface area contributed by atoms with Crippen LogP contribution in [0.25, 0.3) is 0 Å². The first kappa shape index (κ1) is 10.8. The normalized spacial score (nSPS) is 17.7. The molecule has 0 aromatic carbocycles. The Morgan fingerprint density at radius 2 is 2.29 bits per heavy atom. The van der Waals surface area contributed by atoms with Gasteiger partial charge in [0.15, 0.2) is 6.19 Å². The smallest absolute Gasteiger partial charge is 0.207 e. The number of aliphatic imine (C=N–C) groups is 1. The fourth-order valence-corrected chi connectivity index (χ4v) is 1.26. The summed E-state index contributed by atoms with van der Waals surface area (Å²) in [7, 11) is 0. The van der Waals surface area contributed by atoms with Crippen LogP contribution in [0.3, 0.4) is 0 Å². The zero-order valence-electron chi connectivity index (χ0n) is 8.49. The van der Waals surface area contributed by atoms with Crippen molar-refractivity contribution in [3.63, 3.8) is 0 Å². The van der Waals surface area contributed by atoms with Gasteiger partial charge in [-0.3, -0.25) is 10.3 Å². The number of nitriles is 1. The number of rotatable bonds is 2. The van der Waals surface area contributed by atoms with Gasteiger partial charge >= 0.3 is 0 Å². The highest BCUT2D eigenvalue weighted by Gasteiger charge is 2.14. The molecule has 0 aromatic heterocycles. The summed E-state index contributed by atoms with van der Waals surface area (Å²) < 4.78 is 5.23. The van der Waals surface area contributed by atoms with Crippen LogP contribution in [0.5, 0.6) is 0 Å². The molecule has 0 spiro atoms. The van der Waals surface area contributed by atoms with Crippen LogP contribution < -0.4 is 5.32 Å². The van der Waals surface area contributed by atoms with E-state index in [0.717, 1.165) is 26.1 Å². The lowest BCUT2D eigenvalue weighted by atomic mass is 10.4. The third-order valence-corrected chi connectivity index (χ3v) is 1.96. The van der Waals surface area contributed by atoms with E-state index in [0.29, 0.717) is 19.2 Å². The molecular formula is C9H16N4O. The van der Waals surface area contributed by atoms with Gasteiger partial charge in [-0.1, -0.05) is 6.92 Å². The SMILES string of the molecule is CCCN=C(NC#N)N1CCOCC1. The maximum absolute atomic E-state index is 8.57. The highest BCUT2D eigenvalue weighted by atomic mass is 16.5. The highest BCUT2D eigenvalue weighted by Crippen LogP contribution is 1.97. The van der Waals surface area contributed by atoms with Crippen molar-refractivity contribution in [1.82, 2.24) is 10.2 Å². The number of guanidine groups is 1. The lowest BCUT2D eigenvalue weighted by Gasteiger charge is -2.28. The van der Waals surface area contributed by atoms with Crippen molar-refractivity contribution < 1.29 is 4.74 Å². The minimum absolute atomic E-state index is 0.678. The molecule has 1 fully saturated rings. The second kappa shape index (κ2) is 6.22. The Labute approximate surface area is 84.4 Å². The molecule has 1 heterocycles. The monoisotopic (exact) mass is 196 g/mol. The molecule has 0 saturated carbocycles. The van der Waals surface area contributed by atoms with E-state index in [1.165, 1.54) is 0 Å². The lowest BCUT2D eigenvalue weighted by molar-refractivity contribution is 0.0668. The Morgan fingerprint density at radius 3 is 2.86 bits per heavy atom. The largest absolute Gasteiger partial charge is 0.378 e. The summed E-state index contributed by atoms with van der Waals surface area (Å²) in [5.74, 6) is 0.678. The Balaban J connectivity index is 2.51. The number of ether oxygens (including phenoxy) is 1. The number of hydrogen-bond acceptors (Lipinski definition) is 3. The topological polar surface area (TPSA) is 60.7 Å². The van der Waals surface area contributed by atoms with Crippen molar-refractivity contribution >= 4 is 5.96 Å². The second-order valence-corrected chi connectivity index (χ2v) is 3.04. The lowest BCUT2D eigenvalue weighted by Crippen LogP contribution is -2.46. The Bertz CT molecular complexity index is 227. The summed E-state index contributed by atoms with van der Waals surface area (Å²) >= 11 is 0. The predicted octanol–water partition coefficient (Wildman–Crippen LogP) is 0.155. The predicted molar refractivity (Wildman–Crippen MR) is 53.7 cm³/mol. The third-order valence-electron chi connectivity index (χ3n) is 1.96. The highest BCUT2D eigenvalue weighted by molar-refractivity contribution is 5.81. The average molecular weight is 196 g/mol. The summed E-state index contributed by atoms with van der Waals surface area (Å²) in [6.07, 6.45) is 2.90. The van der Waals surface area contributed by atoms with Crippen molar-refractivity contribution in [3.05, 3.63) is 0 Å². The van der Waals surface area contributed by atoms with E-state index in [9.17, 15) is 0 Å². The third kappa shape index (κ3) is 3.23. The second-order valence-electron chi connectivity index (χ2n) is 3.04. The van der Waals surface area contributed by atoms with Crippen molar-refractivity contribution in [3.8, 4) is 6.19 Å². The van der Waals surface area contributed by atoms with Crippen LogP contribution in [0, 0.1) is 11.5 Å². The van der Waals surface area contributed by atoms with Gasteiger partial charge < -0.3 is 9.64 Å². The van der Waals surface area contributed by atoms with Gasteiger partial charge in [-0.15, -0.1) is 0 Å². The van der Waals surface area contributed by atoms with Gasteiger partial charge in [0.1, 0.15) is 0 Å². The molecule has 0 aromatic rings. The molecule has 0 atom stereocenters. The molecule has 0 aliphatic carbocycles. The Hall–Kier alpha value is -1.28. The molecule has 14 heavy (non-hydrogen) atoms. The van der Waals surface area contributed by atoms with E-state index in [2.05, 4.69) is 17.2 Å². The minimum Gasteiger partial charge on any atom is -0.378 e. The molecular weight excluding hydrogens is 180 g/mol. The van der Waals surface area contributed by atoms with E-state index >= 15 is 0 Å².